The van der Waals surface area contributed by atoms with Gasteiger partial charge in [0.15, 0.2) is 6.29 Å². The fourth-order valence-electron chi connectivity index (χ4n) is 5.81. The van der Waals surface area contributed by atoms with Gasteiger partial charge in [-0.25, -0.2) is 0 Å². The summed E-state index contributed by atoms with van der Waals surface area (Å²) in [5.74, 6) is 0.766. The third-order valence-electron chi connectivity index (χ3n) is 7.28. The number of epoxide rings is 1. The Morgan fingerprint density at radius 3 is 2.76 bits per heavy atom. The first-order valence-corrected chi connectivity index (χ1v) is 9.62. The lowest BCUT2D eigenvalue weighted by Gasteiger charge is -2.51. The molecule has 2 aliphatic heterocycles. The van der Waals surface area contributed by atoms with Crippen LogP contribution in [-0.4, -0.2) is 57.9 Å². The molecule has 4 rings (SSSR count). The quantitative estimate of drug-likeness (QED) is 0.445. The first-order valence-electron chi connectivity index (χ1n) is 9.62. The normalized spacial score (nSPS) is 45.4. The number of carbonyl (C=O) groups excluding carboxylic acids is 1. The van der Waals surface area contributed by atoms with E-state index in [0.717, 1.165) is 19.4 Å². The Balaban J connectivity index is 1.43. The van der Waals surface area contributed by atoms with Crippen molar-refractivity contribution < 1.29 is 23.7 Å². The number of esters is 1. The minimum absolute atomic E-state index is 0.0399. The smallest absolute Gasteiger partial charge is 0.310 e. The lowest BCUT2D eigenvalue weighted by molar-refractivity contribution is -0.147. The highest BCUT2D eigenvalue weighted by Gasteiger charge is 2.64. The molecule has 0 amide bonds. The van der Waals surface area contributed by atoms with E-state index >= 15 is 0 Å². The summed E-state index contributed by atoms with van der Waals surface area (Å²) in [7, 11) is 3.24. The molecule has 0 aromatic rings. The van der Waals surface area contributed by atoms with Gasteiger partial charge in [0.25, 0.3) is 0 Å². The van der Waals surface area contributed by atoms with Crippen molar-refractivity contribution >= 4 is 5.97 Å². The number of hydrogen-bond acceptors (Lipinski definition) is 6. The maximum Gasteiger partial charge on any atom is 0.310 e. The van der Waals surface area contributed by atoms with Gasteiger partial charge in [-0.05, 0) is 43.4 Å². The zero-order chi connectivity index (χ0) is 17.7. The van der Waals surface area contributed by atoms with Gasteiger partial charge in [0.2, 0.25) is 0 Å². The van der Waals surface area contributed by atoms with Gasteiger partial charge in [0.1, 0.15) is 6.10 Å². The van der Waals surface area contributed by atoms with Crippen molar-refractivity contribution in [1.29, 1.82) is 0 Å². The number of carbonyl (C=O) groups is 1. The molecule has 0 aromatic heterocycles. The average molecular weight is 353 g/mol. The van der Waals surface area contributed by atoms with Crippen LogP contribution in [0.5, 0.6) is 0 Å². The molecule has 25 heavy (non-hydrogen) atoms. The second-order valence-corrected chi connectivity index (χ2v) is 8.66. The summed E-state index contributed by atoms with van der Waals surface area (Å²) in [5.41, 5.74) is 0.370. The van der Waals surface area contributed by atoms with Gasteiger partial charge in [-0.1, -0.05) is 6.92 Å². The Bertz CT molecular complexity index is 518. The molecule has 2 saturated heterocycles. The van der Waals surface area contributed by atoms with Crippen LogP contribution in [0.4, 0.5) is 0 Å². The number of ether oxygens (including phenoxy) is 4. The van der Waals surface area contributed by atoms with Crippen LogP contribution in [-0.2, 0) is 23.7 Å². The van der Waals surface area contributed by atoms with Crippen LogP contribution >= 0.6 is 0 Å². The average Bonchev–Trinajstić information content (AvgIpc) is 3.28. The molecule has 1 N–H and O–H groups in total. The van der Waals surface area contributed by atoms with E-state index < -0.39 is 0 Å². The van der Waals surface area contributed by atoms with E-state index in [1.165, 1.54) is 19.3 Å². The Hall–Kier alpha value is -0.690. The van der Waals surface area contributed by atoms with Crippen molar-refractivity contribution in [3.63, 3.8) is 0 Å². The molecule has 0 radical (unpaired) electrons. The molecule has 6 nitrogen and oxygen atoms in total. The standard InChI is InChI=1S/C19H31NO5/c1-18-5-4-6-19(11-24-19)15(18)7-12-13(17(21)25-14(12)8-18)9-20-10-16(22-2)23-3/h12-16,20H,4-11H2,1-3H3/t12-,13+,14-,15-,18-,19+/m1/s1. The van der Waals surface area contributed by atoms with E-state index in [2.05, 4.69) is 12.2 Å². The molecule has 4 aliphatic rings. The second kappa shape index (κ2) is 6.48. The van der Waals surface area contributed by atoms with Crippen molar-refractivity contribution in [2.75, 3.05) is 33.9 Å². The van der Waals surface area contributed by atoms with Gasteiger partial charge in [-0.2, -0.15) is 0 Å². The predicted molar refractivity (Wildman–Crippen MR) is 90.9 cm³/mol. The van der Waals surface area contributed by atoms with Crippen LogP contribution in [0.1, 0.15) is 39.0 Å². The van der Waals surface area contributed by atoms with E-state index in [1.807, 2.05) is 0 Å². The monoisotopic (exact) mass is 353 g/mol. The molecule has 6 heteroatoms. The van der Waals surface area contributed by atoms with Gasteiger partial charge >= 0.3 is 5.97 Å². The number of fused-ring (bicyclic) bond motifs is 3. The predicted octanol–water partition coefficient (Wildman–Crippen LogP) is 1.72. The minimum Gasteiger partial charge on any atom is -0.462 e. The fourth-order valence-corrected chi connectivity index (χ4v) is 5.81. The highest BCUT2D eigenvalue weighted by Crippen LogP contribution is 2.62. The summed E-state index contributed by atoms with van der Waals surface area (Å²) in [6.45, 7) is 4.49. The third kappa shape index (κ3) is 3.01. The SMILES string of the molecule is COC(CNC[C@@H]1C(=O)O[C@@H]2C[C@@]3(C)CCC[C@]4(CO4)[C@@H]3C[C@H]12)OC. The van der Waals surface area contributed by atoms with Gasteiger partial charge < -0.3 is 24.3 Å². The topological polar surface area (TPSA) is 69.3 Å². The highest BCUT2D eigenvalue weighted by atomic mass is 16.7. The largest absolute Gasteiger partial charge is 0.462 e. The summed E-state index contributed by atoms with van der Waals surface area (Å²) < 4.78 is 22.2. The molecule has 0 aromatic carbocycles. The minimum atomic E-state index is -0.288. The molecule has 142 valence electrons. The van der Waals surface area contributed by atoms with Crippen molar-refractivity contribution in [3.05, 3.63) is 0 Å². The first kappa shape index (κ1) is 17.7. The van der Waals surface area contributed by atoms with Crippen LogP contribution in [0, 0.1) is 23.2 Å². The van der Waals surface area contributed by atoms with E-state index in [-0.39, 0.29) is 35.3 Å². The summed E-state index contributed by atoms with van der Waals surface area (Å²) in [6.07, 6.45) is 5.49. The van der Waals surface area contributed by atoms with E-state index in [1.54, 1.807) is 14.2 Å². The summed E-state index contributed by atoms with van der Waals surface area (Å²) in [4.78, 5) is 12.5. The third-order valence-corrected chi connectivity index (χ3v) is 7.28. The van der Waals surface area contributed by atoms with E-state index in [9.17, 15) is 4.79 Å². The number of methoxy groups -OCH3 is 2. The zero-order valence-corrected chi connectivity index (χ0v) is 15.6. The summed E-state index contributed by atoms with van der Waals surface area (Å²) in [6, 6.07) is 0. The lowest BCUT2D eigenvalue weighted by Crippen LogP contribution is -2.51. The van der Waals surface area contributed by atoms with Crippen LogP contribution in [0.25, 0.3) is 0 Å². The molecule has 0 unspecified atom stereocenters. The van der Waals surface area contributed by atoms with Crippen LogP contribution in [0.15, 0.2) is 0 Å². The Morgan fingerprint density at radius 1 is 1.32 bits per heavy atom. The molecule has 4 fully saturated rings. The maximum atomic E-state index is 12.5. The highest BCUT2D eigenvalue weighted by molar-refractivity contribution is 5.75. The molecule has 2 aliphatic carbocycles. The number of rotatable bonds is 6. The van der Waals surface area contributed by atoms with Crippen LogP contribution in [0.3, 0.4) is 0 Å². The molecular weight excluding hydrogens is 322 g/mol. The Kier molecular flexibility index (Phi) is 4.59. The van der Waals surface area contributed by atoms with Crippen molar-refractivity contribution in [2.45, 2.75) is 57.0 Å². The molecular formula is C19H31NO5. The zero-order valence-electron chi connectivity index (χ0n) is 15.6. The van der Waals surface area contributed by atoms with Gasteiger partial charge in [0.05, 0.1) is 18.1 Å². The van der Waals surface area contributed by atoms with Crippen molar-refractivity contribution in [3.8, 4) is 0 Å². The fraction of sp³-hybridized carbons (Fsp3) is 0.947. The van der Waals surface area contributed by atoms with Gasteiger partial charge in [0, 0.05) is 33.2 Å². The van der Waals surface area contributed by atoms with Crippen molar-refractivity contribution in [1.82, 2.24) is 5.32 Å². The Morgan fingerprint density at radius 2 is 2.08 bits per heavy atom. The molecule has 6 atom stereocenters. The number of hydrogen-bond donors (Lipinski definition) is 1. The molecule has 1 spiro atoms. The molecule has 2 heterocycles. The van der Waals surface area contributed by atoms with Crippen LogP contribution < -0.4 is 5.32 Å². The van der Waals surface area contributed by atoms with Crippen LogP contribution in [0.2, 0.25) is 0 Å². The lowest BCUT2D eigenvalue weighted by atomic mass is 9.53. The second-order valence-electron chi connectivity index (χ2n) is 8.66. The summed E-state index contributed by atoms with van der Waals surface area (Å²) in [5, 5.41) is 3.33. The van der Waals surface area contributed by atoms with E-state index in [4.69, 9.17) is 18.9 Å². The number of nitrogens with one attached hydrogen (secondary N) is 1. The van der Waals surface area contributed by atoms with Crippen molar-refractivity contribution in [2.24, 2.45) is 23.2 Å². The summed E-state index contributed by atoms with van der Waals surface area (Å²) >= 11 is 0. The maximum absolute atomic E-state index is 12.5. The molecule has 0 bridgehead atoms. The Labute approximate surface area is 149 Å². The first-order chi connectivity index (χ1) is 12.0. The van der Waals surface area contributed by atoms with E-state index in [0.29, 0.717) is 24.9 Å². The molecule has 2 saturated carbocycles. The van der Waals surface area contributed by atoms with Gasteiger partial charge in [-0.15, -0.1) is 0 Å². The van der Waals surface area contributed by atoms with Gasteiger partial charge in [-0.3, -0.25) is 4.79 Å².